The second-order valence-corrected chi connectivity index (χ2v) is 5.84. The first-order chi connectivity index (χ1) is 10.6. The van der Waals surface area contributed by atoms with Crippen molar-refractivity contribution in [3.63, 3.8) is 0 Å². The number of rotatable bonds is 4. The molecule has 0 radical (unpaired) electrons. The lowest BCUT2D eigenvalue weighted by Gasteiger charge is -2.12. The molecule has 1 N–H and O–H groups in total. The minimum atomic E-state index is -0.0389. The van der Waals surface area contributed by atoms with Crippen LogP contribution in [-0.4, -0.2) is 29.7 Å². The number of hydrogen-bond acceptors (Lipinski definition) is 2. The number of hydrogen-bond donors (Lipinski definition) is 1. The summed E-state index contributed by atoms with van der Waals surface area (Å²) in [5.74, 6) is -0.0389. The predicted octanol–water partition coefficient (Wildman–Crippen LogP) is 3.00. The molecular formula is C18H22N2O2. The fourth-order valence-corrected chi connectivity index (χ4v) is 2.95. The van der Waals surface area contributed by atoms with Crippen molar-refractivity contribution < 1.29 is 9.53 Å². The molecule has 0 unspecified atom stereocenters. The Labute approximate surface area is 131 Å². The third kappa shape index (κ3) is 3.07. The quantitative estimate of drug-likeness (QED) is 0.943. The number of amides is 1. The van der Waals surface area contributed by atoms with Gasteiger partial charge in [0, 0.05) is 35.8 Å². The zero-order valence-electron chi connectivity index (χ0n) is 13.1. The molecule has 1 aromatic heterocycles. The van der Waals surface area contributed by atoms with Crippen molar-refractivity contribution >= 4 is 5.91 Å². The van der Waals surface area contributed by atoms with Crippen LogP contribution in [0.5, 0.6) is 0 Å². The largest absolute Gasteiger partial charge is 0.376 e. The van der Waals surface area contributed by atoms with Crippen LogP contribution in [0.4, 0.5) is 0 Å². The second kappa shape index (κ2) is 6.36. The van der Waals surface area contributed by atoms with Crippen LogP contribution in [0.2, 0.25) is 0 Å². The van der Waals surface area contributed by atoms with Crippen LogP contribution >= 0.6 is 0 Å². The Morgan fingerprint density at radius 2 is 1.86 bits per heavy atom. The Bertz CT molecular complexity index is 633. The standard InChI is InChI=1S/C18H22N2O2/c1-13-5-6-14(2)20(13)16-9-7-15(8-10-16)18(21)19-12-17-4-3-11-22-17/h5-10,17H,3-4,11-12H2,1-2H3,(H,19,21)/t17-/m1/s1. The lowest BCUT2D eigenvalue weighted by molar-refractivity contribution is 0.0858. The van der Waals surface area contributed by atoms with E-state index in [1.807, 2.05) is 24.3 Å². The fraction of sp³-hybridized carbons (Fsp3) is 0.389. The van der Waals surface area contributed by atoms with Gasteiger partial charge in [-0.1, -0.05) is 0 Å². The number of aryl methyl sites for hydroxylation is 2. The van der Waals surface area contributed by atoms with E-state index >= 15 is 0 Å². The number of carbonyl (C=O) groups excluding carboxylic acids is 1. The number of ether oxygens (including phenoxy) is 1. The summed E-state index contributed by atoms with van der Waals surface area (Å²) < 4.78 is 7.69. The van der Waals surface area contributed by atoms with E-state index in [9.17, 15) is 4.79 Å². The normalized spacial score (nSPS) is 17.6. The lowest BCUT2D eigenvalue weighted by atomic mass is 10.1. The maximum Gasteiger partial charge on any atom is 0.251 e. The molecule has 3 rings (SSSR count). The topological polar surface area (TPSA) is 43.3 Å². The molecule has 0 saturated carbocycles. The molecule has 0 bridgehead atoms. The van der Waals surface area contributed by atoms with Gasteiger partial charge in [0.2, 0.25) is 0 Å². The maximum atomic E-state index is 12.2. The number of nitrogens with one attached hydrogen (secondary N) is 1. The van der Waals surface area contributed by atoms with Crippen molar-refractivity contribution in [2.75, 3.05) is 13.2 Å². The number of nitrogens with zero attached hydrogens (tertiary/aromatic N) is 1. The Balaban J connectivity index is 1.67. The molecule has 1 fully saturated rings. The third-order valence-electron chi connectivity index (χ3n) is 4.17. The van der Waals surface area contributed by atoms with Crippen LogP contribution in [0.1, 0.15) is 34.6 Å². The van der Waals surface area contributed by atoms with E-state index in [1.165, 1.54) is 11.4 Å². The summed E-state index contributed by atoms with van der Waals surface area (Å²) in [6.07, 6.45) is 2.30. The van der Waals surface area contributed by atoms with Gasteiger partial charge < -0.3 is 14.6 Å². The van der Waals surface area contributed by atoms with E-state index < -0.39 is 0 Å². The van der Waals surface area contributed by atoms with Gasteiger partial charge in [0.25, 0.3) is 5.91 Å². The first-order valence-corrected chi connectivity index (χ1v) is 7.80. The minimum Gasteiger partial charge on any atom is -0.376 e. The van der Waals surface area contributed by atoms with E-state index in [1.54, 1.807) is 0 Å². The lowest BCUT2D eigenvalue weighted by Crippen LogP contribution is -2.31. The fourth-order valence-electron chi connectivity index (χ4n) is 2.95. The Kier molecular flexibility index (Phi) is 4.29. The van der Waals surface area contributed by atoms with E-state index in [2.05, 4.69) is 35.9 Å². The summed E-state index contributed by atoms with van der Waals surface area (Å²) in [5.41, 5.74) is 4.14. The van der Waals surface area contributed by atoms with Crippen molar-refractivity contribution in [3.05, 3.63) is 53.3 Å². The summed E-state index contributed by atoms with van der Waals surface area (Å²) in [6, 6.07) is 11.9. The first-order valence-electron chi connectivity index (χ1n) is 7.80. The van der Waals surface area contributed by atoms with Crippen LogP contribution in [0.3, 0.4) is 0 Å². The first kappa shape index (κ1) is 14.9. The average molecular weight is 298 g/mol. The number of benzene rings is 1. The van der Waals surface area contributed by atoms with Gasteiger partial charge in [0.05, 0.1) is 6.10 Å². The highest BCUT2D eigenvalue weighted by atomic mass is 16.5. The molecule has 116 valence electrons. The summed E-state index contributed by atoms with van der Waals surface area (Å²) in [6.45, 7) is 5.56. The predicted molar refractivity (Wildman–Crippen MR) is 86.6 cm³/mol. The maximum absolute atomic E-state index is 12.2. The van der Waals surface area contributed by atoms with Crippen molar-refractivity contribution in [2.24, 2.45) is 0 Å². The smallest absolute Gasteiger partial charge is 0.251 e. The summed E-state index contributed by atoms with van der Waals surface area (Å²) in [4.78, 5) is 12.2. The molecule has 1 atom stereocenters. The Morgan fingerprint density at radius 1 is 1.18 bits per heavy atom. The molecule has 1 saturated heterocycles. The third-order valence-corrected chi connectivity index (χ3v) is 4.17. The molecule has 0 aliphatic carbocycles. The molecule has 0 spiro atoms. The van der Waals surface area contributed by atoms with Gasteiger partial charge in [-0.15, -0.1) is 0 Å². The Hall–Kier alpha value is -2.07. The molecule has 2 heterocycles. The molecule has 2 aromatic rings. The van der Waals surface area contributed by atoms with Gasteiger partial charge in [0.1, 0.15) is 0 Å². The molecule has 1 aliphatic heterocycles. The van der Waals surface area contributed by atoms with Gasteiger partial charge in [-0.3, -0.25) is 4.79 Å². The number of aromatic nitrogens is 1. The van der Waals surface area contributed by atoms with Crippen molar-refractivity contribution in [2.45, 2.75) is 32.8 Å². The van der Waals surface area contributed by atoms with Crippen molar-refractivity contribution in [1.82, 2.24) is 9.88 Å². The highest BCUT2D eigenvalue weighted by molar-refractivity contribution is 5.94. The molecule has 1 aliphatic rings. The monoisotopic (exact) mass is 298 g/mol. The number of carbonyl (C=O) groups is 1. The second-order valence-electron chi connectivity index (χ2n) is 5.84. The molecule has 1 amide bonds. The Morgan fingerprint density at radius 3 is 2.45 bits per heavy atom. The summed E-state index contributed by atoms with van der Waals surface area (Å²) >= 11 is 0. The zero-order chi connectivity index (χ0) is 15.5. The van der Waals surface area contributed by atoms with E-state index in [4.69, 9.17) is 4.74 Å². The zero-order valence-corrected chi connectivity index (χ0v) is 13.1. The SMILES string of the molecule is Cc1ccc(C)n1-c1ccc(C(=O)NC[C@H]2CCCO2)cc1. The molecule has 4 nitrogen and oxygen atoms in total. The summed E-state index contributed by atoms with van der Waals surface area (Å²) in [7, 11) is 0. The van der Waals surface area contributed by atoms with Crippen LogP contribution in [-0.2, 0) is 4.74 Å². The average Bonchev–Trinajstić information content (AvgIpc) is 3.15. The van der Waals surface area contributed by atoms with E-state index in [-0.39, 0.29) is 12.0 Å². The highest BCUT2D eigenvalue weighted by Crippen LogP contribution is 2.17. The van der Waals surface area contributed by atoms with Gasteiger partial charge in [-0.2, -0.15) is 0 Å². The van der Waals surface area contributed by atoms with Crippen LogP contribution in [0.25, 0.3) is 5.69 Å². The van der Waals surface area contributed by atoms with Crippen LogP contribution in [0, 0.1) is 13.8 Å². The highest BCUT2D eigenvalue weighted by Gasteiger charge is 2.16. The van der Waals surface area contributed by atoms with Gasteiger partial charge in [-0.25, -0.2) is 0 Å². The van der Waals surface area contributed by atoms with Crippen LogP contribution in [0.15, 0.2) is 36.4 Å². The van der Waals surface area contributed by atoms with E-state index in [0.29, 0.717) is 12.1 Å². The van der Waals surface area contributed by atoms with Gasteiger partial charge >= 0.3 is 0 Å². The van der Waals surface area contributed by atoms with E-state index in [0.717, 1.165) is 25.1 Å². The molecule has 4 heteroatoms. The van der Waals surface area contributed by atoms with Crippen LogP contribution < -0.4 is 5.32 Å². The molecule has 1 aromatic carbocycles. The molecule has 22 heavy (non-hydrogen) atoms. The summed E-state index contributed by atoms with van der Waals surface area (Å²) in [5, 5.41) is 2.95. The van der Waals surface area contributed by atoms with Gasteiger partial charge in [-0.05, 0) is 63.1 Å². The van der Waals surface area contributed by atoms with Crippen molar-refractivity contribution in [1.29, 1.82) is 0 Å². The minimum absolute atomic E-state index is 0.0389. The molecular weight excluding hydrogens is 276 g/mol. The van der Waals surface area contributed by atoms with Gasteiger partial charge in [0.15, 0.2) is 0 Å². The van der Waals surface area contributed by atoms with Crippen molar-refractivity contribution in [3.8, 4) is 5.69 Å².